The monoisotopic (exact) mass is 1420 g/mol. The normalized spacial score (nSPS) is 13.9. The van der Waals surface area contributed by atoms with Crippen molar-refractivity contribution in [2.24, 2.45) is 5.92 Å². The summed E-state index contributed by atoms with van der Waals surface area (Å²) in [7, 11) is -9.91. The number of phosphoric acid groups is 2. The van der Waals surface area contributed by atoms with Crippen LogP contribution in [0.25, 0.3) is 0 Å². The second-order valence-electron chi connectivity index (χ2n) is 28.6. The molecule has 0 fully saturated rings. The smallest absolute Gasteiger partial charge is 0.462 e. The van der Waals surface area contributed by atoms with Crippen LogP contribution in [0, 0.1) is 5.92 Å². The van der Waals surface area contributed by atoms with Gasteiger partial charge in [-0.1, -0.05) is 362 Å². The summed E-state index contributed by atoms with van der Waals surface area (Å²) in [6.07, 6.45) is 60.9. The predicted molar refractivity (Wildman–Crippen MR) is 395 cm³/mol. The molecule has 0 aliphatic heterocycles. The van der Waals surface area contributed by atoms with Crippen LogP contribution < -0.4 is 0 Å². The van der Waals surface area contributed by atoms with Crippen molar-refractivity contribution < 1.29 is 80.2 Å². The fraction of sp³-hybridized carbons (Fsp3) is 0.949. The second kappa shape index (κ2) is 71.1. The Kier molecular flexibility index (Phi) is 69.6. The summed E-state index contributed by atoms with van der Waals surface area (Å²) >= 11 is 0. The van der Waals surface area contributed by atoms with Gasteiger partial charge in [0.1, 0.15) is 19.3 Å². The van der Waals surface area contributed by atoms with E-state index in [1.807, 2.05) is 0 Å². The van der Waals surface area contributed by atoms with E-state index in [1.165, 1.54) is 238 Å². The van der Waals surface area contributed by atoms with Gasteiger partial charge in [-0.25, -0.2) is 9.13 Å². The van der Waals surface area contributed by atoms with Crippen molar-refractivity contribution in [3.05, 3.63) is 0 Å². The number of esters is 4. The van der Waals surface area contributed by atoms with Crippen LogP contribution in [-0.4, -0.2) is 96.7 Å². The van der Waals surface area contributed by atoms with Gasteiger partial charge in [0.15, 0.2) is 12.2 Å². The van der Waals surface area contributed by atoms with Gasteiger partial charge in [-0.3, -0.25) is 37.3 Å². The van der Waals surface area contributed by atoms with Crippen molar-refractivity contribution in [1.82, 2.24) is 0 Å². The fourth-order valence-electron chi connectivity index (χ4n) is 12.1. The molecule has 0 aromatic heterocycles. The molecule has 0 rings (SSSR count). The van der Waals surface area contributed by atoms with Crippen LogP contribution in [-0.2, 0) is 65.4 Å². The van der Waals surface area contributed by atoms with Gasteiger partial charge in [-0.15, -0.1) is 0 Å². The summed E-state index contributed by atoms with van der Waals surface area (Å²) in [5.41, 5.74) is 0. The van der Waals surface area contributed by atoms with Crippen LogP contribution >= 0.6 is 15.6 Å². The van der Waals surface area contributed by atoms with Gasteiger partial charge in [0.2, 0.25) is 0 Å². The SMILES string of the molecule is CCCCCCCCCCCCCCCCCCC(=O)OC[C@H](COP(=O)(O)OC[C@@H](O)COP(=O)(O)OC[C@@H](COC(=O)CCCCCCCCCCCCC)OC(=O)CCCCCCCCCCCCC)OC(=O)CCCCCCCCCCCCCCCCCCC(C)C. The van der Waals surface area contributed by atoms with Crippen LogP contribution in [0.15, 0.2) is 0 Å². The lowest BCUT2D eigenvalue weighted by Gasteiger charge is -2.21. The van der Waals surface area contributed by atoms with E-state index < -0.39 is 97.5 Å². The first kappa shape index (κ1) is 95.1. The van der Waals surface area contributed by atoms with E-state index in [2.05, 4.69) is 34.6 Å². The third-order valence-electron chi connectivity index (χ3n) is 18.3. The molecule has 0 heterocycles. The van der Waals surface area contributed by atoms with Crippen LogP contribution in [0.4, 0.5) is 0 Å². The maximum Gasteiger partial charge on any atom is 0.472 e. The topological polar surface area (TPSA) is 237 Å². The molecular weight excluding hydrogens is 1270 g/mol. The first-order chi connectivity index (χ1) is 47.0. The molecule has 2 unspecified atom stereocenters. The van der Waals surface area contributed by atoms with E-state index in [9.17, 15) is 43.2 Å². The molecule has 0 aromatic rings. The molecule has 19 heteroatoms. The number of rotatable bonds is 78. The molecule has 17 nitrogen and oxygen atoms in total. The highest BCUT2D eigenvalue weighted by Crippen LogP contribution is 2.45. The van der Waals surface area contributed by atoms with Crippen molar-refractivity contribution in [2.45, 2.75) is 432 Å². The van der Waals surface area contributed by atoms with Crippen molar-refractivity contribution >= 4 is 39.5 Å². The Labute approximate surface area is 594 Å². The summed E-state index contributed by atoms with van der Waals surface area (Å²) in [6, 6.07) is 0. The third-order valence-corrected chi connectivity index (χ3v) is 20.2. The highest BCUT2D eigenvalue weighted by Gasteiger charge is 2.30. The number of ether oxygens (including phenoxy) is 4. The number of phosphoric ester groups is 2. The molecule has 5 atom stereocenters. The molecular formula is C78H152O17P2. The summed E-state index contributed by atoms with van der Waals surface area (Å²) < 4.78 is 68.6. The zero-order valence-electron chi connectivity index (χ0n) is 63.2. The quantitative estimate of drug-likeness (QED) is 0.0222. The van der Waals surface area contributed by atoms with Gasteiger partial charge in [0.25, 0.3) is 0 Å². The molecule has 0 spiro atoms. The lowest BCUT2D eigenvalue weighted by molar-refractivity contribution is -0.161. The maximum atomic E-state index is 13.1. The number of carbonyl (C=O) groups is 4. The highest BCUT2D eigenvalue weighted by atomic mass is 31.2. The van der Waals surface area contributed by atoms with Crippen molar-refractivity contribution in [1.29, 1.82) is 0 Å². The van der Waals surface area contributed by atoms with Gasteiger partial charge in [-0.2, -0.15) is 0 Å². The van der Waals surface area contributed by atoms with Gasteiger partial charge in [-0.05, 0) is 31.6 Å². The van der Waals surface area contributed by atoms with Crippen LogP contribution in [0.2, 0.25) is 0 Å². The van der Waals surface area contributed by atoms with Crippen LogP contribution in [0.5, 0.6) is 0 Å². The third kappa shape index (κ3) is 72.2. The lowest BCUT2D eigenvalue weighted by Crippen LogP contribution is -2.30. The van der Waals surface area contributed by atoms with Crippen LogP contribution in [0.1, 0.15) is 413 Å². The van der Waals surface area contributed by atoms with E-state index >= 15 is 0 Å². The molecule has 0 aliphatic carbocycles. The Bertz CT molecular complexity index is 1860. The van der Waals surface area contributed by atoms with Crippen molar-refractivity contribution in [3.63, 3.8) is 0 Å². The number of aliphatic hydroxyl groups is 1. The van der Waals surface area contributed by atoms with Crippen molar-refractivity contribution in [3.8, 4) is 0 Å². The number of unbranched alkanes of at least 4 members (excludes halogenated alkanes) is 50. The highest BCUT2D eigenvalue weighted by molar-refractivity contribution is 7.47. The second-order valence-corrected chi connectivity index (χ2v) is 31.5. The van der Waals surface area contributed by atoms with E-state index in [1.54, 1.807) is 0 Å². The van der Waals surface area contributed by atoms with E-state index in [4.69, 9.17) is 37.0 Å². The molecule has 0 aromatic carbocycles. The summed E-state index contributed by atoms with van der Waals surface area (Å²) in [5.74, 6) is -1.30. The zero-order chi connectivity index (χ0) is 71.2. The number of hydrogen-bond donors (Lipinski definition) is 3. The summed E-state index contributed by atoms with van der Waals surface area (Å²) in [6.45, 7) is 7.34. The minimum Gasteiger partial charge on any atom is -0.462 e. The molecule has 576 valence electrons. The van der Waals surface area contributed by atoms with E-state index in [0.717, 1.165) is 95.8 Å². The van der Waals surface area contributed by atoms with Crippen molar-refractivity contribution in [2.75, 3.05) is 39.6 Å². The van der Waals surface area contributed by atoms with E-state index in [0.29, 0.717) is 25.7 Å². The number of aliphatic hydroxyl groups excluding tert-OH is 1. The number of hydrogen-bond acceptors (Lipinski definition) is 15. The Morgan fingerprint density at radius 1 is 0.278 bits per heavy atom. The lowest BCUT2D eigenvalue weighted by atomic mass is 10.0. The molecule has 97 heavy (non-hydrogen) atoms. The van der Waals surface area contributed by atoms with Gasteiger partial charge in [0.05, 0.1) is 26.4 Å². The largest absolute Gasteiger partial charge is 0.472 e. The average molecular weight is 1420 g/mol. The Balaban J connectivity index is 5.22. The average Bonchev–Trinajstić information content (AvgIpc) is 1.38. The first-order valence-corrected chi connectivity index (χ1v) is 43.6. The molecule has 0 saturated carbocycles. The minimum absolute atomic E-state index is 0.108. The molecule has 3 N–H and O–H groups in total. The molecule has 0 aliphatic rings. The van der Waals surface area contributed by atoms with Gasteiger partial charge < -0.3 is 33.8 Å². The predicted octanol–water partition coefficient (Wildman–Crippen LogP) is 23.3. The molecule has 0 amide bonds. The molecule has 0 radical (unpaired) electrons. The Morgan fingerprint density at radius 3 is 0.701 bits per heavy atom. The zero-order valence-corrected chi connectivity index (χ0v) is 65.0. The maximum absolute atomic E-state index is 13.1. The Hall–Kier alpha value is -1.94. The Morgan fingerprint density at radius 2 is 0.474 bits per heavy atom. The minimum atomic E-state index is -4.96. The summed E-state index contributed by atoms with van der Waals surface area (Å²) in [5, 5.41) is 10.6. The van der Waals surface area contributed by atoms with Gasteiger partial charge >= 0.3 is 39.5 Å². The molecule has 0 saturated heterocycles. The standard InChI is InChI=1S/C78H152O17P2/c1-6-9-12-15-18-21-24-25-26-30-33-38-42-47-52-57-62-76(81)89-68-74(95-78(83)64-59-54-49-44-39-34-31-28-27-29-32-37-40-45-50-55-60-71(4)5)70-93-97(86,87)91-66-72(79)65-90-96(84,85)92-69-73(94-77(82)63-58-53-48-43-36-23-20-17-14-11-8-3)67-88-75(80)61-56-51-46-41-35-22-19-16-13-10-7-2/h71-74,79H,6-70H2,1-5H3,(H,84,85)(H,86,87)/t72-,73+,74+/m0/s1. The van der Waals surface area contributed by atoms with Gasteiger partial charge in [0, 0.05) is 25.7 Å². The number of carbonyl (C=O) groups excluding carboxylic acids is 4. The van der Waals surface area contributed by atoms with E-state index in [-0.39, 0.29) is 25.7 Å². The van der Waals surface area contributed by atoms with Crippen LogP contribution in [0.3, 0.4) is 0 Å². The first-order valence-electron chi connectivity index (χ1n) is 40.6. The molecule has 0 bridgehead atoms. The fourth-order valence-corrected chi connectivity index (χ4v) is 13.6. The summed E-state index contributed by atoms with van der Waals surface area (Å²) in [4.78, 5) is 72.9.